The number of piperazine rings is 1. The average Bonchev–Trinajstić information content (AvgIpc) is 2.70. The zero-order valence-electron chi connectivity index (χ0n) is 11.3. The quantitative estimate of drug-likeness (QED) is 0.897. The second kappa shape index (κ2) is 5.36. The highest BCUT2D eigenvalue weighted by Gasteiger charge is 2.27. The fourth-order valence-corrected chi connectivity index (χ4v) is 3.51. The number of rotatable bonds is 3. The van der Waals surface area contributed by atoms with Crippen LogP contribution in [-0.2, 0) is 6.42 Å². The standard InChI is InChI=1S/C13H23N3S/c1-5-12-10(4)15-13(17-12)16-7-6-14-8-11(16)9(2)3/h9,11,14H,5-8H2,1-4H3/t11-/m0/s1. The van der Waals surface area contributed by atoms with Crippen LogP contribution in [0.15, 0.2) is 0 Å². The lowest BCUT2D eigenvalue weighted by molar-refractivity contribution is 0.390. The Morgan fingerprint density at radius 2 is 2.29 bits per heavy atom. The van der Waals surface area contributed by atoms with Gasteiger partial charge in [-0.1, -0.05) is 20.8 Å². The third-order valence-electron chi connectivity index (χ3n) is 3.50. The van der Waals surface area contributed by atoms with Gasteiger partial charge in [0.2, 0.25) is 0 Å². The Labute approximate surface area is 108 Å². The third kappa shape index (κ3) is 2.63. The van der Waals surface area contributed by atoms with Crippen LogP contribution < -0.4 is 10.2 Å². The summed E-state index contributed by atoms with van der Waals surface area (Å²) in [6.45, 7) is 12.2. The second-order valence-corrected chi connectivity index (χ2v) is 6.13. The van der Waals surface area contributed by atoms with Crippen LogP contribution in [0.4, 0.5) is 5.13 Å². The maximum absolute atomic E-state index is 4.75. The fourth-order valence-electron chi connectivity index (χ4n) is 2.42. The molecule has 0 aromatic carbocycles. The van der Waals surface area contributed by atoms with Crippen LogP contribution in [0.5, 0.6) is 0 Å². The maximum atomic E-state index is 4.75. The van der Waals surface area contributed by atoms with E-state index >= 15 is 0 Å². The Bertz CT molecular complexity index is 373. The molecular formula is C13H23N3S. The van der Waals surface area contributed by atoms with Crippen LogP contribution in [0.25, 0.3) is 0 Å². The molecule has 0 unspecified atom stereocenters. The summed E-state index contributed by atoms with van der Waals surface area (Å²) in [4.78, 5) is 8.68. The predicted molar refractivity (Wildman–Crippen MR) is 75.1 cm³/mol. The SMILES string of the molecule is CCc1sc(N2CCNC[C@H]2C(C)C)nc1C. The van der Waals surface area contributed by atoms with Crippen LogP contribution in [-0.4, -0.2) is 30.7 Å². The number of hydrogen-bond donors (Lipinski definition) is 1. The summed E-state index contributed by atoms with van der Waals surface area (Å²) in [6, 6.07) is 0.582. The van der Waals surface area contributed by atoms with Crippen molar-refractivity contribution >= 4 is 16.5 Å². The van der Waals surface area contributed by atoms with Crippen molar-refractivity contribution in [3.05, 3.63) is 10.6 Å². The number of aryl methyl sites for hydroxylation is 2. The van der Waals surface area contributed by atoms with E-state index in [2.05, 4.69) is 37.9 Å². The van der Waals surface area contributed by atoms with Gasteiger partial charge in [-0.3, -0.25) is 0 Å². The fraction of sp³-hybridized carbons (Fsp3) is 0.769. The van der Waals surface area contributed by atoms with E-state index in [-0.39, 0.29) is 0 Å². The van der Waals surface area contributed by atoms with E-state index in [4.69, 9.17) is 4.98 Å². The van der Waals surface area contributed by atoms with Gasteiger partial charge in [-0.05, 0) is 19.3 Å². The summed E-state index contributed by atoms with van der Waals surface area (Å²) in [5.74, 6) is 0.664. The average molecular weight is 253 g/mol. The molecule has 1 aromatic heterocycles. The van der Waals surface area contributed by atoms with Gasteiger partial charge in [0.1, 0.15) is 0 Å². The Kier molecular flexibility index (Phi) is 4.05. The molecular weight excluding hydrogens is 230 g/mol. The van der Waals surface area contributed by atoms with Gasteiger partial charge in [0.25, 0.3) is 0 Å². The van der Waals surface area contributed by atoms with Crippen molar-refractivity contribution in [2.75, 3.05) is 24.5 Å². The largest absolute Gasteiger partial charge is 0.342 e. The molecule has 4 heteroatoms. The first-order valence-electron chi connectivity index (χ1n) is 6.57. The van der Waals surface area contributed by atoms with Crippen molar-refractivity contribution in [1.29, 1.82) is 0 Å². The van der Waals surface area contributed by atoms with Crippen molar-refractivity contribution in [2.45, 2.75) is 40.2 Å². The van der Waals surface area contributed by atoms with E-state index in [1.165, 1.54) is 15.7 Å². The van der Waals surface area contributed by atoms with Crippen molar-refractivity contribution in [3.8, 4) is 0 Å². The molecule has 1 aromatic rings. The monoisotopic (exact) mass is 253 g/mol. The summed E-state index contributed by atoms with van der Waals surface area (Å²) < 4.78 is 0. The van der Waals surface area contributed by atoms with E-state index in [1.807, 2.05) is 11.3 Å². The third-order valence-corrected chi connectivity index (χ3v) is 4.84. The number of thiazole rings is 1. The summed E-state index contributed by atoms with van der Waals surface area (Å²) in [5, 5.41) is 4.71. The number of anilines is 1. The van der Waals surface area contributed by atoms with Crippen LogP contribution >= 0.6 is 11.3 Å². The number of hydrogen-bond acceptors (Lipinski definition) is 4. The first-order chi connectivity index (χ1) is 8.13. The lowest BCUT2D eigenvalue weighted by Crippen LogP contribution is -2.53. The highest BCUT2D eigenvalue weighted by Crippen LogP contribution is 2.29. The van der Waals surface area contributed by atoms with Gasteiger partial charge in [-0.25, -0.2) is 4.98 Å². The number of aromatic nitrogens is 1. The van der Waals surface area contributed by atoms with Gasteiger partial charge < -0.3 is 10.2 Å². The Morgan fingerprint density at radius 3 is 2.88 bits per heavy atom. The van der Waals surface area contributed by atoms with E-state index in [0.29, 0.717) is 12.0 Å². The molecule has 1 aliphatic heterocycles. The van der Waals surface area contributed by atoms with Gasteiger partial charge in [0.15, 0.2) is 5.13 Å². The van der Waals surface area contributed by atoms with Crippen molar-refractivity contribution in [1.82, 2.24) is 10.3 Å². The summed E-state index contributed by atoms with van der Waals surface area (Å²) in [6.07, 6.45) is 1.10. The molecule has 0 amide bonds. The van der Waals surface area contributed by atoms with Crippen molar-refractivity contribution < 1.29 is 0 Å². The first kappa shape index (κ1) is 12.8. The molecule has 96 valence electrons. The minimum Gasteiger partial charge on any atom is -0.342 e. The maximum Gasteiger partial charge on any atom is 0.186 e. The number of nitrogens with zero attached hydrogens (tertiary/aromatic N) is 2. The van der Waals surface area contributed by atoms with E-state index in [0.717, 1.165) is 26.1 Å². The highest BCUT2D eigenvalue weighted by atomic mass is 32.1. The van der Waals surface area contributed by atoms with Crippen molar-refractivity contribution in [3.63, 3.8) is 0 Å². The number of nitrogens with one attached hydrogen (secondary N) is 1. The van der Waals surface area contributed by atoms with Crippen LogP contribution in [0.3, 0.4) is 0 Å². The molecule has 0 spiro atoms. The van der Waals surface area contributed by atoms with E-state index in [1.54, 1.807) is 0 Å². The summed E-state index contributed by atoms with van der Waals surface area (Å²) in [5.41, 5.74) is 1.22. The highest BCUT2D eigenvalue weighted by molar-refractivity contribution is 7.15. The lowest BCUT2D eigenvalue weighted by atomic mass is 10.0. The lowest BCUT2D eigenvalue weighted by Gasteiger charge is -2.38. The Hall–Kier alpha value is -0.610. The zero-order chi connectivity index (χ0) is 12.4. The first-order valence-corrected chi connectivity index (χ1v) is 7.38. The molecule has 0 aliphatic carbocycles. The minimum atomic E-state index is 0.582. The van der Waals surface area contributed by atoms with Crippen molar-refractivity contribution in [2.24, 2.45) is 5.92 Å². The Morgan fingerprint density at radius 1 is 1.53 bits per heavy atom. The van der Waals surface area contributed by atoms with Gasteiger partial charge in [0, 0.05) is 30.6 Å². The normalized spacial score (nSPS) is 21.2. The van der Waals surface area contributed by atoms with E-state index in [9.17, 15) is 0 Å². The Balaban J connectivity index is 2.23. The molecule has 2 rings (SSSR count). The zero-order valence-corrected chi connectivity index (χ0v) is 12.1. The van der Waals surface area contributed by atoms with Gasteiger partial charge in [0.05, 0.1) is 5.69 Å². The minimum absolute atomic E-state index is 0.582. The summed E-state index contributed by atoms with van der Waals surface area (Å²) >= 11 is 1.87. The summed E-state index contributed by atoms with van der Waals surface area (Å²) in [7, 11) is 0. The van der Waals surface area contributed by atoms with Gasteiger partial charge >= 0.3 is 0 Å². The molecule has 1 fully saturated rings. The topological polar surface area (TPSA) is 28.2 Å². The van der Waals surface area contributed by atoms with Gasteiger partial charge in [-0.15, -0.1) is 11.3 Å². The molecule has 0 bridgehead atoms. The second-order valence-electron chi connectivity index (χ2n) is 5.07. The molecule has 0 radical (unpaired) electrons. The molecule has 2 heterocycles. The molecule has 1 N–H and O–H groups in total. The van der Waals surface area contributed by atoms with Crippen LogP contribution in [0.2, 0.25) is 0 Å². The molecule has 1 atom stereocenters. The molecule has 1 saturated heterocycles. The molecule has 0 saturated carbocycles. The molecule has 17 heavy (non-hydrogen) atoms. The van der Waals surface area contributed by atoms with Gasteiger partial charge in [-0.2, -0.15) is 0 Å². The smallest absolute Gasteiger partial charge is 0.186 e. The van der Waals surface area contributed by atoms with E-state index < -0.39 is 0 Å². The molecule has 1 aliphatic rings. The predicted octanol–water partition coefficient (Wildman–Crippen LogP) is 2.45. The molecule has 3 nitrogen and oxygen atoms in total. The van der Waals surface area contributed by atoms with Crippen LogP contribution in [0.1, 0.15) is 31.3 Å². The van der Waals surface area contributed by atoms with Crippen LogP contribution in [0, 0.1) is 12.8 Å².